The third-order valence-electron chi connectivity index (χ3n) is 1.96. The molecular formula is C8H14F3N. The molecule has 1 aliphatic carbocycles. The van der Waals surface area contributed by atoms with Crippen molar-refractivity contribution in [3.63, 3.8) is 0 Å². The van der Waals surface area contributed by atoms with Crippen LogP contribution in [0.2, 0.25) is 0 Å². The van der Waals surface area contributed by atoms with Gasteiger partial charge in [-0.15, -0.1) is 0 Å². The highest BCUT2D eigenvalue weighted by Crippen LogP contribution is 2.40. The summed E-state index contributed by atoms with van der Waals surface area (Å²) in [5, 5.41) is 2.56. The zero-order valence-corrected chi connectivity index (χ0v) is 7.28. The van der Waals surface area contributed by atoms with Crippen LogP contribution in [0.25, 0.3) is 0 Å². The minimum atomic E-state index is -4.08. The van der Waals surface area contributed by atoms with Crippen molar-refractivity contribution in [3.8, 4) is 0 Å². The molecule has 0 aromatic rings. The fourth-order valence-electron chi connectivity index (χ4n) is 1.29. The molecule has 1 rings (SSSR count). The van der Waals surface area contributed by atoms with Gasteiger partial charge in [-0.1, -0.05) is 13.8 Å². The van der Waals surface area contributed by atoms with E-state index in [1.54, 1.807) is 13.8 Å². The Balaban J connectivity index is 2.49. The SMILES string of the molecule is CC(C)N[C@H](C1CC1)C(F)(F)F. The van der Waals surface area contributed by atoms with Crippen LogP contribution in [0.15, 0.2) is 0 Å². The second kappa shape index (κ2) is 3.24. The van der Waals surface area contributed by atoms with E-state index in [1.807, 2.05) is 0 Å². The molecule has 1 saturated carbocycles. The van der Waals surface area contributed by atoms with Crippen molar-refractivity contribution in [2.45, 2.75) is 44.9 Å². The zero-order valence-electron chi connectivity index (χ0n) is 7.28. The van der Waals surface area contributed by atoms with E-state index in [0.717, 1.165) is 0 Å². The van der Waals surface area contributed by atoms with Crippen molar-refractivity contribution in [2.24, 2.45) is 5.92 Å². The normalized spacial score (nSPS) is 21.5. The van der Waals surface area contributed by atoms with E-state index < -0.39 is 12.2 Å². The minimum Gasteiger partial charge on any atom is -0.304 e. The van der Waals surface area contributed by atoms with Crippen LogP contribution in [-0.2, 0) is 0 Å². The van der Waals surface area contributed by atoms with Gasteiger partial charge in [0.2, 0.25) is 0 Å². The van der Waals surface area contributed by atoms with Crippen molar-refractivity contribution in [1.82, 2.24) is 5.32 Å². The molecule has 1 nitrogen and oxygen atoms in total. The number of halogens is 3. The lowest BCUT2D eigenvalue weighted by atomic mass is 10.1. The average molecular weight is 181 g/mol. The van der Waals surface area contributed by atoms with Gasteiger partial charge in [-0.3, -0.25) is 0 Å². The summed E-state index contributed by atoms with van der Waals surface area (Å²) >= 11 is 0. The molecule has 1 fully saturated rings. The number of hydrogen-bond acceptors (Lipinski definition) is 1. The van der Waals surface area contributed by atoms with Crippen LogP contribution in [0.3, 0.4) is 0 Å². The molecule has 0 bridgehead atoms. The van der Waals surface area contributed by atoms with Gasteiger partial charge in [-0.05, 0) is 18.8 Å². The summed E-state index contributed by atoms with van der Waals surface area (Å²) in [5.41, 5.74) is 0. The van der Waals surface area contributed by atoms with Gasteiger partial charge in [0.1, 0.15) is 6.04 Å². The molecule has 1 atom stereocenters. The first-order valence-electron chi connectivity index (χ1n) is 4.24. The molecule has 0 saturated heterocycles. The van der Waals surface area contributed by atoms with Gasteiger partial charge in [-0.2, -0.15) is 13.2 Å². The Hall–Kier alpha value is -0.250. The number of hydrogen-bond donors (Lipinski definition) is 1. The van der Waals surface area contributed by atoms with Gasteiger partial charge < -0.3 is 5.32 Å². The van der Waals surface area contributed by atoms with E-state index in [-0.39, 0.29) is 12.0 Å². The second-order valence-electron chi connectivity index (χ2n) is 3.68. The van der Waals surface area contributed by atoms with Crippen LogP contribution in [-0.4, -0.2) is 18.3 Å². The Kier molecular flexibility index (Phi) is 2.66. The van der Waals surface area contributed by atoms with E-state index in [4.69, 9.17) is 0 Å². The molecule has 0 aromatic carbocycles. The summed E-state index contributed by atoms with van der Waals surface area (Å²) in [4.78, 5) is 0. The number of alkyl halides is 3. The first-order chi connectivity index (χ1) is 5.41. The smallest absolute Gasteiger partial charge is 0.304 e. The van der Waals surface area contributed by atoms with Crippen LogP contribution in [0.4, 0.5) is 13.2 Å². The lowest BCUT2D eigenvalue weighted by Crippen LogP contribution is -2.46. The van der Waals surface area contributed by atoms with E-state index in [9.17, 15) is 13.2 Å². The molecule has 0 spiro atoms. The van der Waals surface area contributed by atoms with Gasteiger partial charge in [0, 0.05) is 6.04 Å². The Bertz CT molecular complexity index is 149. The Morgan fingerprint density at radius 2 is 1.75 bits per heavy atom. The molecule has 72 valence electrons. The van der Waals surface area contributed by atoms with Crippen LogP contribution in [0, 0.1) is 5.92 Å². The Morgan fingerprint density at radius 1 is 1.25 bits per heavy atom. The van der Waals surface area contributed by atoms with Crippen molar-refractivity contribution in [2.75, 3.05) is 0 Å². The molecule has 4 heteroatoms. The van der Waals surface area contributed by atoms with Gasteiger partial charge in [0.15, 0.2) is 0 Å². The Morgan fingerprint density at radius 3 is 2.00 bits per heavy atom. The minimum absolute atomic E-state index is 0.0998. The quantitative estimate of drug-likeness (QED) is 0.704. The van der Waals surface area contributed by atoms with E-state index >= 15 is 0 Å². The highest BCUT2D eigenvalue weighted by molar-refractivity contribution is 4.91. The highest BCUT2D eigenvalue weighted by Gasteiger charge is 2.48. The first-order valence-corrected chi connectivity index (χ1v) is 4.24. The molecule has 1 N–H and O–H groups in total. The molecule has 0 aromatic heterocycles. The second-order valence-corrected chi connectivity index (χ2v) is 3.68. The van der Waals surface area contributed by atoms with Crippen LogP contribution in [0.5, 0.6) is 0 Å². The lowest BCUT2D eigenvalue weighted by molar-refractivity contribution is -0.162. The topological polar surface area (TPSA) is 12.0 Å². The summed E-state index contributed by atoms with van der Waals surface area (Å²) in [7, 11) is 0. The number of nitrogens with one attached hydrogen (secondary N) is 1. The fraction of sp³-hybridized carbons (Fsp3) is 1.00. The Labute approximate surface area is 70.3 Å². The van der Waals surface area contributed by atoms with E-state index in [1.165, 1.54) is 0 Å². The molecule has 1 aliphatic rings. The largest absolute Gasteiger partial charge is 0.404 e. The first kappa shape index (κ1) is 9.84. The maximum Gasteiger partial charge on any atom is 0.404 e. The van der Waals surface area contributed by atoms with Gasteiger partial charge >= 0.3 is 6.18 Å². The van der Waals surface area contributed by atoms with Crippen molar-refractivity contribution in [1.29, 1.82) is 0 Å². The lowest BCUT2D eigenvalue weighted by Gasteiger charge is -2.23. The van der Waals surface area contributed by atoms with E-state index in [0.29, 0.717) is 12.8 Å². The zero-order chi connectivity index (χ0) is 9.35. The third-order valence-corrected chi connectivity index (χ3v) is 1.96. The number of rotatable bonds is 3. The molecule has 0 radical (unpaired) electrons. The predicted molar refractivity (Wildman–Crippen MR) is 40.8 cm³/mol. The van der Waals surface area contributed by atoms with Crippen LogP contribution < -0.4 is 5.32 Å². The summed E-state index contributed by atoms with van der Waals surface area (Å²) < 4.78 is 36.9. The highest BCUT2D eigenvalue weighted by atomic mass is 19.4. The molecular weight excluding hydrogens is 167 g/mol. The van der Waals surface area contributed by atoms with Crippen molar-refractivity contribution in [3.05, 3.63) is 0 Å². The van der Waals surface area contributed by atoms with Gasteiger partial charge in [0.05, 0.1) is 0 Å². The standard InChI is InChI=1S/C8H14F3N/c1-5(2)12-7(6-3-4-6)8(9,10)11/h5-7,12H,3-4H2,1-2H3/t7-/m1/s1. The summed E-state index contributed by atoms with van der Waals surface area (Å²) in [5.74, 6) is -0.174. The van der Waals surface area contributed by atoms with Gasteiger partial charge in [0.25, 0.3) is 0 Å². The maximum absolute atomic E-state index is 12.3. The molecule has 12 heavy (non-hydrogen) atoms. The van der Waals surface area contributed by atoms with E-state index in [2.05, 4.69) is 5.32 Å². The summed E-state index contributed by atoms with van der Waals surface area (Å²) in [6.45, 7) is 3.47. The molecule has 0 unspecified atom stereocenters. The molecule has 0 amide bonds. The molecule has 0 heterocycles. The average Bonchev–Trinajstić information content (AvgIpc) is 2.60. The van der Waals surface area contributed by atoms with Crippen molar-refractivity contribution >= 4 is 0 Å². The summed E-state index contributed by atoms with van der Waals surface area (Å²) in [6, 6.07) is -1.38. The van der Waals surface area contributed by atoms with Crippen LogP contribution >= 0.6 is 0 Å². The maximum atomic E-state index is 12.3. The fourth-order valence-corrected chi connectivity index (χ4v) is 1.29. The van der Waals surface area contributed by atoms with Gasteiger partial charge in [-0.25, -0.2) is 0 Å². The monoisotopic (exact) mass is 181 g/mol. The van der Waals surface area contributed by atoms with Crippen molar-refractivity contribution < 1.29 is 13.2 Å². The predicted octanol–water partition coefficient (Wildman–Crippen LogP) is 2.33. The molecule has 0 aliphatic heterocycles. The van der Waals surface area contributed by atoms with Crippen LogP contribution in [0.1, 0.15) is 26.7 Å². The third kappa shape index (κ3) is 2.66. The summed E-state index contributed by atoms with van der Waals surface area (Å²) in [6.07, 6.45) is -2.65.